The van der Waals surface area contributed by atoms with Crippen LogP contribution in [-0.4, -0.2) is 6.61 Å². The maximum absolute atomic E-state index is 5.48. The number of benzene rings is 1. The summed E-state index contributed by atoms with van der Waals surface area (Å²) in [6.07, 6.45) is 0. The highest BCUT2D eigenvalue weighted by Gasteiger charge is 2.12. The van der Waals surface area contributed by atoms with Gasteiger partial charge in [0, 0.05) is 8.95 Å². The van der Waals surface area contributed by atoms with Crippen LogP contribution >= 0.6 is 63.7 Å². The number of ether oxygens (including phenoxy) is 1. The van der Waals surface area contributed by atoms with Crippen LogP contribution in [0.3, 0.4) is 0 Å². The number of halogens is 4. The van der Waals surface area contributed by atoms with E-state index in [9.17, 15) is 0 Å². The zero-order chi connectivity index (χ0) is 10.0. The third kappa shape index (κ3) is 2.70. The van der Waals surface area contributed by atoms with Gasteiger partial charge in [0.15, 0.2) is 0 Å². The van der Waals surface area contributed by atoms with Crippen LogP contribution in [0.4, 0.5) is 0 Å². The standard InChI is InChI=1S/C8H6Br4O/c1-2-13-8-6(11)4(9)3-5(10)7(8)12/h3H,2H2,1H3. The number of rotatable bonds is 2. The van der Waals surface area contributed by atoms with Crippen molar-refractivity contribution in [2.45, 2.75) is 6.92 Å². The Morgan fingerprint density at radius 3 is 1.92 bits per heavy atom. The zero-order valence-corrected chi connectivity index (χ0v) is 13.0. The molecule has 1 aromatic carbocycles. The summed E-state index contributed by atoms with van der Waals surface area (Å²) in [4.78, 5) is 0. The Bertz CT molecular complexity index is 298. The van der Waals surface area contributed by atoms with Gasteiger partial charge in [0.2, 0.25) is 0 Å². The monoisotopic (exact) mass is 434 g/mol. The van der Waals surface area contributed by atoms with E-state index in [1.165, 1.54) is 0 Å². The van der Waals surface area contributed by atoms with E-state index in [1.807, 2.05) is 13.0 Å². The smallest absolute Gasteiger partial charge is 0.149 e. The molecular formula is C8H6Br4O. The molecule has 1 rings (SSSR count). The lowest BCUT2D eigenvalue weighted by Crippen LogP contribution is -1.94. The molecule has 0 N–H and O–H groups in total. The van der Waals surface area contributed by atoms with Crippen LogP contribution in [-0.2, 0) is 0 Å². The van der Waals surface area contributed by atoms with Gasteiger partial charge in [-0.3, -0.25) is 0 Å². The van der Waals surface area contributed by atoms with Crippen molar-refractivity contribution in [2.75, 3.05) is 6.61 Å². The molecule has 0 aliphatic carbocycles. The Hall–Kier alpha value is 0.940. The van der Waals surface area contributed by atoms with Gasteiger partial charge in [-0.25, -0.2) is 0 Å². The van der Waals surface area contributed by atoms with E-state index in [0.717, 1.165) is 23.6 Å². The molecule has 0 spiro atoms. The van der Waals surface area contributed by atoms with Crippen molar-refractivity contribution in [3.63, 3.8) is 0 Å². The molecule has 0 amide bonds. The SMILES string of the molecule is CCOc1c(Br)c(Br)cc(Br)c1Br. The first kappa shape index (κ1) is 12.0. The summed E-state index contributed by atoms with van der Waals surface area (Å²) in [6.45, 7) is 2.59. The van der Waals surface area contributed by atoms with Gasteiger partial charge in [0.1, 0.15) is 5.75 Å². The topological polar surface area (TPSA) is 9.23 Å². The van der Waals surface area contributed by atoms with Gasteiger partial charge in [-0.15, -0.1) is 0 Å². The summed E-state index contributed by atoms with van der Waals surface area (Å²) in [6, 6.07) is 1.96. The second-order valence-corrected chi connectivity index (χ2v) is 5.52. The molecule has 0 atom stereocenters. The van der Waals surface area contributed by atoms with Crippen molar-refractivity contribution in [1.29, 1.82) is 0 Å². The zero-order valence-electron chi connectivity index (χ0n) is 6.70. The molecule has 1 aromatic rings. The quantitative estimate of drug-likeness (QED) is 0.583. The molecule has 0 saturated carbocycles. The van der Waals surface area contributed by atoms with Crippen molar-refractivity contribution >= 4 is 63.7 Å². The van der Waals surface area contributed by atoms with E-state index in [2.05, 4.69) is 63.7 Å². The number of hydrogen-bond donors (Lipinski definition) is 0. The van der Waals surface area contributed by atoms with Gasteiger partial charge in [-0.2, -0.15) is 0 Å². The lowest BCUT2D eigenvalue weighted by atomic mass is 10.3. The fourth-order valence-corrected chi connectivity index (χ4v) is 3.07. The van der Waals surface area contributed by atoms with Gasteiger partial charge in [0.05, 0.1) is 15.6 Å². The summed E-state index contributed by atoms with van der Waals surface area (Å²) in [5.41, 5.74) is 0. The Balaban J connectivity index is 3.28. The fourth-order valence-electron chi connectivity index (χ4n) is 0.822. The van der Waals surface area contributed by atoms with Crippen molar-refractivity contribution in [3.8, 4) is 5.75 Å². The highest BCUT2D eigenvalue weighted by Crippen LogP contribution is 2.43. The molecule has 0 fully saturated rings. The molecule has 0 radical (unpaired) electrons. The normalized spacial score (nSPS) is 10.2. The summed E-state index contributed by atoms with van der Waals surface area (Å²) < 4.78 is 9.24. The predicted molar refractivity (Wildman–Crippen MR) is 68.4 cm³/mol. The molecular weight excluding hydrogens is 432 g/mol. The maximum Gasteiger partial charge on any atom is 0.149 e. The van der Waals surface area contributed by atoms with E-state index >= 15 is 0 Å². The molecule has 5 heteroatoms. The summed E-state index contributed by atoms with van der Waals surface area (Å²) >= 11 is 13.7. The Kier molecular flexibility index (Phi) is 4.75. The molecule has 13 heavy (non-hydrogen) atoms. The second-order valence-electron chi connectivity index (χ2n) is 2.23. The molecule has 0 saturated heterocycles. The lowest BCUT2D eigenvalue weighted by molar-refractivity contribution is 0.335. The average molecular weight is 438 g/mol. The Morgan fingerprint density at radius 1 is 1.08 bits per heavy atom. The minimum atomic E-state index is 0.639. The summed E-state index contributed by atoms with van der Waals surface area (Å²) in [5.74, 6) is 0.809. The van der Waals surface area contributed by atoms with Gasteiger partial charge >= 0.3 is 0 Å². The molecule has 0 aliphatic rings. The van der Waals surface area contributed by atoms with Crippen LogP contribution < -0.4 is 4.74 Å². The first-order valence-corrected chi connectivity index (χ1v) is 6.71. The molecule has 1 nitrogen and oxygen atoms in total. The Labute approximate surface area is 111 Å². The average Bonchev–Trinajstić information content (AvgIpc) is 2.09. The van der Waals surface area contributed by atoms with E-state index in [0.29, 0.717) is 6.61 Å². The van der Waals surface area contributed by atoms with Crippen molar-refractivity contribution in [2.24, 2.45) is 0 Å². The minimum absolute atomic E-state index is 0.639. The van der Waals surface area contributed by atoms with Crippen LogP contribution in [0, 0.1) is 0 Å². The first-order valence-electron chi connectivity index (χ1n) is 3.53. The van der Waals surface area contributed by atoms with E-state index < -0.39 is 0 Å². The Morgan fingerprint density at radius 2 is 1.54 bits per heavy atom. The van der Waals surface area contributed by atoms with Crippen LogP contribution in [0.25, 0.3) is 0 Å². The molecule has 0 heterocycles. The number of hydrogen-bond acceptors (Lipinski definition) is 1. The van der Waals surface area contributed by atoms with Gasteiger partial charge in [-0.1, -0.05) is 0 Å². The van der Waals surface area contributed by atoms with E-state index in [1.54, 1.807) is 0 Å². The van der Waals surface area contributed by atoms with Crippen LogP contribution in [0.2, 0.25) is 0 Å². The molecule has 0 unspecified atom stereocenters. The fraction of sp³-hybridized carbons (Fsp3) is 0.250. The lowest BCUT2D eigenvalue weighted by Gasteiger charge is -2.10. The van der Waals surface area contributed by atoms with Gasteiger partial charge < -0.3 is 4.74 Å². The van der Waals surface area contributed by atoms with Crippen LogP contribution in [0.15, 0.2) is 24.0 Å². The summed E-state index contributed by atoms with van der Waals surface area (Å²) in [7, 11) is 0. The highest BCUT2D eigenvalue weighted by atomic mass is 79.9. The van der Waals surface area contributed by atoms with Gasteiger partial charge in [-0.05, 0) is 76.7 Å². The van der Waals surface area contributed by atoms with E-state index in [-0.39, 0.29) is 0 Å². The third-order valence-electron chi connectivity index (χ3n) is 1.36. The summed E-state index contributed by atoms with van der Waals surface area (Å²) in [5, 5.41) is 0. The maximum atomic E-state index is 5.48. The van der Waals surface area contributed by atoms with Crippen molar-refractivity contribution < 1.29 is 4.74 Å². The minimum Gasteiger partial charge on any atom is -0.491 e. The van der Waals surface area contributed by atoms with Crippen LogP contribution in [0.1, 0.15) is 6.92 Å². The van der Waals surface area contributed by atoms with Crippen molar-refractivity contribution in [1.82, 2.24) is 0 Å². The third-order valence-corrected chi connectivity index (χ3v) is 5.25. The van der Waals surface area contributed by atoms with Crippen molar-refractivity contribution in [3.05, 3.63) is 24.0 Å². The molecule has 72 valence electrons. The highest BCUT2D eigenvalue weighted by molar-refractivity contribution is 9.14. The first-order chi connectivity index (χ1) is 6.07. The molecule has 0 aliphatic heterocycles. The predicted octanol–water partition coefficient (Wildman–Crippen LogP) is 5.14. The van der Waals surface area contributed by atoms with E-state index in [4.69, 9.17) is 4.74 Å². The molecule has 0 aromatic heterocycles. The second kappa shape index (κ2) is 5.14. The largest absolute Gasteiger partial charge is 0.491 e. The van der Waals surface area contributed by atoms with Gasteiger partial charge in [0.25, 0.3) is 0 Å². The molecule has 0 bridgehead atoms. The van der Waals surface area contributed by atoms with Crippen LogP contribution in [0.5, 0.6) is 5.75 Å².